The van der Waals surface area contributed by atoms with E-state index in [1.807, 2.05) is 24.5 Å². The number of thioether (sulfide) groups is 1. The summed E-state index contributed by atoms with van der Waals surface area (Å²) in [5.74, 6) is -1.29. The first kappa shape index (κ1) is 14.6. The zero-order valence-corrected chi connectivity index (χ0v) is 12.1. The average Bonchev–Trinajstić information content (AvgIpc) is 2.77. The highest BCUT2D eigenvalue weighted by Gasteiger charge is 2.13. The summed E-state index contributed by atoms with van der Waals surface area (Å²) < 4.78 is 15.4. The Morgan fingerprint density at radius 3 is 2.80 bits per heavy atom. The molecule has 0 aliphatic carbocycles. The van der Waals surface area contributed by atoms with Crippen molar-refractivity contribution in [1.82, 2.24) is 9.55 Å². The highest BCUT2D eigenvalue weighted by Crippen LogP contribution is 2.25. The molecule has 1 N–H and O–H groups in total. The zero-order chi connectivity index (χ0) is 14.7. The Balaban J connectivity index is 2.47. The van der Waals surface area contributed by atoms with E-state index in [1.54, 1.807) is 6.20 Å². The molecule has 0 aliphatic heterocycles. The highest BCUT2D eigenvalue weighted by molar-refractivity contribution is 7.99. The maximum atomic E-state index is 13.6. The van der Waals surface area contributed by atoms with E-state index in [2.05, 4.69) is 4.98 Å². The quantitative estimate of drug-likeness (QED) is 0.861. The van der Waals surface area contributed by atoms with Gasteiger partial charge >= 0.3 is 5.97 Å². The van der Waals surface area contributed by atoms with Crippen molar-refractivity contribution in [3.05, 3.63) is 41.5 Å². The van der Waals surface area contributed by atoms with Crippen LogP contribution in [0, 0.1) is 12.7 Å². The van der Waals surface area contributed by atoms with Crippen molar-refractivity contribution in [3.63, 3.8) is 0 Å². The molecule has 1 aromatic carbocycles. The van der Waals surface area contributed by atoms with Crippen LogP contribution in [-0.2, 0) is 11.2 Å². The standard InChI is InChI=1S/C14H15FN2O2S/c1-3-11-7-16-14(20-8-13(18)19)17(11)12-5-9(2)4-10(15)6-12/h4-7H,3,8H2,1-2H3,(H,18,19). The number of carbonyl (C=O) groups is 1. The van der Waals surface area contributed by atoms with Gasteiger partial charge in [0.25, 0.3) is 0 Å². The minimum Gasteiger partial charge on any atom is -0.481 e. The SMILES string of the molecule is CCc1cnc(SCC(=O)O)n1-c1cc(C)cc(F)c1. The van der Waals surface area contributed by atoms with E-state index < -0.39 is 5.97 Å². The Hall–Kier alpha value is -1.82. The first-order chi connectivity index (χ1) is 9.51. The Morgan fingerprint density at radius 1 is 1.45 bits per heavy atom. The number of carboxylic acids is 1. The van der Waals surface area contributed by atoms with E-state index in [0.717, 1.165) is 29.4 Å². The fourth-order valence-electron chi connectivity index (χ4n) is 1.97. The second-order valence-electron chi connectivity index (χ2n) is 4.39. The van der Waals surface area contributed by atoms with Gasteiger partial charge in [0.05, 0.1) is 11.4 Å². The number of benzene rings is 1. The van der Waals surface area contributed by atoms with Gasteiger partial charge in [0.1, 0.15) is 5.82 Å². The molecule has 6 heteroatoms. The van der Waals surface area contributed by atoms with Crippen molar-refractivity contribution in [3.8, 4) is 5.69 Å². The van der Waals surface area contributed by atoms with E-state index in [-0.39, 0.29) is 11.6 Å². The van der Waals surface area contributed by atoms with Gasteiger partial charge in [-0.2, -0.15) is 0 Å². The van der Waals surface area contributed by atoms with Crippen molar-refractivity contribution in [2.24, 2.45) is 0 Å². The van der Waals surface area contributed by atoms with Crippen LogP contribution in [0.25, 0.3) is 5.69 Å². The number of aliphatic carboxylic acids is 1. The van der Waals surface area contributed by atoms with Crippen LogP contribution in [0.3, 0.4) is 0 Å². The van der Waals surface area contributed by atoms with E-state index in [9.17, 15) is 9.18 Å². The number of nitrogens with zero attached hydrogens (tertiary/aromatic N) is 2. The van der Waals surface area contributed by atoms with Crippen molar-refractivity contribution in [2.75, 3.05) is 5.75 Å². The number of rotatable bonds is 5. The molecule has 1 aromatic heterocycles. The second kappa shape index (κ2) is 6.09. The third-order valence-electron chi connectivity index (χ3n) is 2.77. The minimum absolute atomic E-state index is 0.0749. The summed E-state index contributed by atoms with van der Waals surface area (Å²) in [6.07, 6.45) is 2.43. The van der Waals surface area contributed by atoms with Crippen LogP contribution < -0.4 is 0 Å². The fourth-order valence-corrected chi connectivity index (χ4v) is 2.70. The van der Waals surface area contributed by atoms with Gasteiger partial charge in [-0.05, 0) is 37.1 Å². The highest BCUT2D eigenvalue weighted by atomic mass is 32.2. The summed E-state index contributed by atoms with van der Waals surface area (Å²) in [4.78, 5) is 14.9. The summed E-state index contributed by atoms with van der Waals surface area (Å²) in [6.45, 7) is 3.80. The lowest BCUT2D eigenvalue weighted by atomic mass is 10.2. The van der Waals surface area contributed by atoms with Gasteiger partial charge in [0.15, 0.2) is 5.16 Å². The molecule has 0 radical (unpaired) electrons. The molecular formula is C14H15FN2O2S. The molecule has 0 unspecified atom stereocenters. The van der Waals surface area contributed by atoms with Crippen LogP contribution in [0.2, 0.25) is 0 Å². The van der Waals surface area contributed by atoms with Crippen LogP contribution in [0.4, 0.5) is 4.39 Å². The number of carboxylic acid groups (broad SMARTS) is 1. The number of imidazole rings is 1. The summed E-state index contributed by atoms with van der Waals surface area (Å²) in [7, 11) is 0. The molecule has 20 heavy (non-hydrogen) atoms. The van der Waals surface area contributed by atoms with Crippen LogP contribution in [-0.4, -0.2) is 26.4 Å². The van der Waals surface area contributed by atoms with E-state index in [1.165, 1.54) is 12.1 Å². The summed E-state index contributed by atoms with van der Waals surface area (Å²) in [6, 6.07) is 4.74. The largest absolute Gasteiger partial charge is 0.481 e. The molecule has 1 heterocycles. The predicted octanol–water partition coefficient (Wildman–Crippen LogP) is 3.06. The summed E-state index contributed by atoms with van der Waals surface area (Å²) in [5.41, 5.74) is 2.40. The number of hydrogen-bond acceptors (Lipinski definition) is 3. The van der Waals surface area contributed by atoms with Gasteiger partial charge in [0, 0.05) is 11.9 Å². The number of aryl methyl sites for hydroxylation is 2. The second-order valence-corrected chi connectivity index (χ2v) is 5.33. The minimum atomic E-state index is -0.905. The van der Waals surface area contributed by atoms with Crippen LogP contribution in [0.5, 0.6) is 0 Å². The fraction of sp³-hybridized carbons (Fsp3) is 0.286. The maximum Gasteiger partial charge on any atom is 0.313 e. The smallest absolute Gasteiger partial charge is 0.313 e. The van der Waals surface area contributed by atoms with Crippen molar-refractivity contribution in [1.29, 1.82) is 0 Å². The number of hydrogen-bond donors (Lipinski definition) is 1. The Bertz CT molecular complexity index is 620. The van der Waals surface area contributed by atoms with Crippen molar-refractivity contribution in [2.45, 2.75) is 25.4 Å². The monoisotopic (exact) mass is 294 g/mol. The average molecular weight is 294 g/mol. The molecule has 0 atom stereocenters. The molecule has 2 rings (SSSR count). The molecule has 0 saturated carbocycles. The van der Waals surface area contributed by atoms with E-state index in [4.69, 9.17) is 5.11 Å². The van der Waals surface area contributed by atoms with E-state index >= 15 is 0 Å². The molecule has 0 saturated heterocycles. The van der Waals surface area contributed by atoms with Gasteiger partial charge in [-0.15, -0.1) is 0 Å². The topological polar surface area (TPSA) is 55.1 Å². The molecule has 0 amide bonds. The summed E-state index contributed by atoms with van der Waals surface area (Å²) in [5, 5.41) is 9.33. The van der Waals surface area contributed by atoms with Gasteiger partial charge in [0.2, 0.25) is 0 Å². The third-order valence-corrected chi connectivity index (χ3v) is 3.71. The lowest BCUT2D eigenvalue weighted by molar-refractivity contribution is -0.133. The predicted molar refractivity (Wildman–Crippen MR) is 76.0 cm³/mol. The van der Waals surface area contributed by atoms with E-state index in [0.29, 0.717) is 10.8 Å². The van der Waals surface area contributed by atoms with Crippen LogP contribution in [0.1, 0.15) is 18.2 Å². The zero-order valence-electron chi connectivity index (χ0n) is 11.3. The molecule has 4 nitrogen and oxygen atoms in total. The Morgan fingerprint density at radius 2 is 2.20 bits per heavy atom. The van der Waals surface area contributed by atoms with Gasteiger partial charge in [-0.25, -0.2) is 9.37 Å². The van der Waals surface area contributed by atoms with Crippen LogP contribution >= 0.6 is 11.8 Å². The first-order valence-electron chi connectivity index (χ1n) is 6.20. The van der Waals surface area contributed by atoms with Crippen LogP contribution in [0.15, 0.2) is 29.6 Å². The number of halogens is 1. The number of aromatic nitrogens is 2. The first-order valence-corrected chi connectivity index (χ1v) is 7.18. The molecular weight excluding hydrogens is 279 g/mol. The van der Waals surface area contributed by atoms with Crippen molar-refractivity contribution < 1.29 is 14.3 Å². The summed E-state index contributed by atoms with van der Waals surface area (Å²) >= 11 is 1.13. The third kappa shape index (κ3) is 3.19. The van der Waals surface area contributed by atoms with Crippen molar-refractivity contribution >= 4 is 17.7 Å². The lowest BCUT2D eigenvalue weighted by Gasteiger charge is -2.11. The molecule has 106 valence electrons. The molecule has 0 bridgehead atoms. The molecule has 0 aliphatic rings. The lowest BCUT2D eigenvalue weighted by Crippen LogP contribution is -2.04. The van der Waals surface area contributed by atoms with Gasteiger partial charge in [-0.3, -0.25) is 9.36 Å². The molecule has 0 spiro atoms. The normalized spacial score (nSPS) is 10.8. The molecule has 0 fully saturated rings. The van der Waals surface area contributed by atoms with Gasteiger partial charge < -0.3 is 5.11 Å². The van der Waals surface area contributed by atoms with Gasteiger partial charge in [-0.1, -0.05) is 18.7 Å². The molecule has 2 aromatic rings. The Kier molecular flexibility index (Phi) is 4.44. The Labute approximate surface area is 120 Å². The maximum absolute atomic E-state index is 13.6.